The molecular weight excluding hydrogens is 455 g/mol. The minimum Gasteiger partial charge on any atom is -0.352 e. The maximum Gasteiger partial charge on any atom is 0.299 e. The van der Waals surface area contributed by atoms with Crippen molar-refractivity contribution >= 4 is 32.9 Å². The lowest BCUT2D eigenvalue weighted by Crippen LogP contribution is -2.27. The minimum atomic E-state index is -0.430. The van der Waals surface area contributed by atoms with Crippen molar-refractivity contribution in [2.24, 2.45) is 0 Å². The van der Waals surface area contributed by atoms with Crippen molar-refractivity contribution in [1.29, 1.82) is 0 Å². The third-order valence-electron chi connectivity index (χ3n) is 4.53. The number of carbonyl (C=O) groups excluding carboxylic acids is 1. The number of amides is 1. The van der Waals surface area contributed by atoms with Crippen LogP contribution in [0.25, 0.3) is 22.4 Å². The molecule has 1 N–H and O–H groups in total. The number of aryl methyl sites for hydroxylation is 1. The molecule has 1 amide bonds. The molecule has 0 radical (unpaired) electrons. The van der Waals surface area contributed by atoms with Gasteiger partial charge in [-0.1, -0.05) is 33.2 Å². The van der Waals surface area contributed by atoms with Gasteiger partial charge in [-0.05, 0) is 42.0 Å². The first kappa shape index (κ1) is 20.0. The Morgan fingerprint density at radius 3 is 2.77 bits per heavy atom. The van der Waals surface area contributed by atoms with Crippen LogP contribution in [-0.4, -0.2) is 20.6 Å². The Labute approximate surface area is 178 Å². The predicted octanol–water partition coefficient (Wildman–Crippen LogP) is 3.66. The van der Waals surface area contributed by atoms with Crippen LogP contribution in [-0.2, 0) is 17.9 Å². The van der Waals surface area contributed by atoms with Crippen LogP contribution in [0.2, 0.25) is 0 Å². The second-order valence-corrected chi connectivity index (χ2v) is 7.53. The number of hydrogen-bond donors (Lipinski definition) is 1. The quantitative estimate of drug-likeness (QED) is 0.464. The van der Waals surface area contributed by atoms with Gasteiger partial charge in [-0.15, -0.1) is 0 Å². The number of nitrogens with zero attached hydrogens (tertiary/aromatic N) is 3. The Bertz CT molecular complexity index is 1270. The number of nitrogens with one attached hydrogen (secondary N) is 1. The van der Waals surface area contributed by atoms with Crippen molar-refractivity contribution in [2.75, 3.05) is 0 Å². The van der Waals surface area contributed by atoms with E-state index >= 15 is 0 Å². The van der Waals surface area contributed by atoms with Gasteiger partial charge in [0.05, 0.1) is 6.33 Å². The topological polar surface area (TPSA) is 90.0 Å². The van der Waals surface area contributed by atoms with E-state index in [0.717, 1.165) is 10.0 Å². The molecule has 0 saturated heterocycles. The number of rotatable bonds is 6. The molecule has 0 bridgehead atoms. The first-order valence-electron chi connectivity index (χ1n) is 9.13. The van der Waals surface area contributed by atoms with Crippen LogP contribution >= 0.6 is 15.9 Å². The molecule has 0 atom stereocenters. The third-order valence-corrected chi connectivity index (χ3v) is 5.02. The van der Waals surface area contributed by atoms with Crippen LogP contribution in [0.5, 0.6) is 0 Å². The number of carbonyl (C=O) groups is 1. The summed E-state index contributed by atoms with van der Waals surface area (Å²) in [6.45, 7) is 0.548. The van der Waals surface area contributed by atoms with E-state index in [4.69, 9.17) is 4.52 Å². The summed E-state index contributed by atoms with van der Waals surface area (Å²) in [7, 11) is 0. The van der Waals surface area contributed by atoms with Crippen LogP contribution < -0.4 is 10.9 Å². The molecule has 0 fully saturated rings. The molecule has 2 aromatic carbocycles. The molecule has 0 unspecified atom stereocenters. The molecular formula is C21H16BrFN4O3. The van der Waals surface area contributed by atoms with Crippen LogP contribution in [0.15, 0.2) is 68.6 Å². The standard InChI is InChI=1S/C21H16BrFN4O3/c22-15-3-1-2-13(10-15)11-24-17(28)8-9-27-12-25-19-18(26-30-20(19)21(27)29)14-4-6-16(23)7-5-14/h1-7,10,12H,8-9,11H2,(H,24,28). The van der Waals surface area contributed by atoms with Crippen molar-refractivity contribution in [3.8, 4) is 11.3 Å². The highest BCUT2D eigenvalue weighted by Crippen LogP contribution is 2.24. The average Bonchev–Trinajstić information content (AvgIpc) is 3.17. The number of aromatic nitrogens is 3. The summed E-state index contributed by atoms with van der Waals surface area (Å²) in [5.41, 5.74) is 1.77. The van der Waals surface area contributed by atoms with Gasteiger partial charge in [-0.2, -0.15) is 0 Å². The molecule has 0 saturated carbocycles. The van der Waals surface area contributed by atoms with Gasteiger partial charge >= 0.3 is 0 Å². The summed E-state index contributed by atoms with van der Waals surface area (Å²) in [4.78, 5) is 29.0. The van der Waals surface area contributed by atoms with Gasteiger partial charge in [0.25, 0.3) is 11.1 Å². The molecule has 4 rings (SSSR count). The summed E-state index contributed by atoms with van der Waals surface area (Å²) in [5.74, 6) is -0.563. The Balaban J connectivity index is 1.44. The first-order valence-corrected chi connectivity index (χ1v) is 9.92. The van der Waals surface area contributed by atoms with Gasteiger partial charge in [0.15, 0.2) is 0 Å². The number of halogens is 2. The molecule has 2 heterocycles. The molecule has 30 heavy (non-hydrogen) atoms. The van der Waals surface area contributed by atoms with E-state index in [1.165, 1.54) is 35.2 Å². The fraction of sp³-hybridized carbons (Fsp3) is 0.143. The maximum absolute atomic E-state index is 13.1. The summed E-state index contributed by atoms with van der Waals surface area (Å²) in [5, 5.41) is 6.73. The molecule has 9 heteroatoms. The Morgan fingerprint density at radius 2 is 2.00 bits per heavy atom. The average molecular weight is 471 g/mol. The highest BCUT2D eigenvalue weighted by molar-refractivity contribution is 9.10. The summed E-state index contributed by atoms with van der Waals surface area (Å²) < 4.78 is 20.6. The summed E-state index contributed by atoms with van der Waals surface area (Å²) >= 11 is 3.39. The van der Waals surface area contributed by atoms with Crippen LogP contribution in [0, 0.1) is 5.82 Å². The number of fused-ring (bicyclic) bond motifs is 1. The molecule has 2 aromatic heterocycles. The number of benzene rings is 2. The van der Waals surface area contributed by atoms with E-state index in [1.807, 2.05) is 24.3 Å². The van der Waals surface area contributed by atoms with Gasteiger partial charge in [0, 0.05) is 29.5 Å². The zero-order valence-corrected chi connectivity index (χ0v) is 17.2. The Morgan fingerprint density at radius 1 is 1.20 bits per heavy atom. The molecule has 0 aliphatic carbocycles. The monoisotopic (exact) mass is 470 g/mol. The van der Waals surface area contributed by atoms with Crippen molar-refractivity contribution in [3.63, 3.8) is 0 Å². The van der Waals surface area contributed by atoms with Crippen molar-refractivity contribution in [1.82, 2.24) is 20.0 Å². The SMILES string of the molecule is O=C(CCn1cnc2c(-c3ccc(F)cc3)noc2c1=O)NCc1cccc(Br)c1. The van der Waals surface area contributed by atoms with E-state index < -0.39 is 5.56 Å². The lowest BCUT2D eigenvalue weighted by molar-refractivity contribution is -0.121. The molecule has 0 spiro atoms. The van der Waals surface area contributed by atoms with Crippen LogP contribution in [0.1, 0.15) is 12.0 Å². The van der Waals surface area contributed by atoms with Gasteiger partial charge in [0.1, 0.15) is 17.0 Å². The first-order chi connectivity index (χ1) is 14.5. The summed E-state index contributed by atoms with van der Waals surface area (Å²) in [6, 6.07) is 13.3. The number of hydrogen-bond acceptors (Lipinski definition) is 5. The second-order valence-electron chi connectivity index (χ2n) is 6.62. The van der Waals surface area contributed by atoms with Crippen LogP contribution in [0.4, 0.5) is 4.39 Å². The molecule has 4 aromatic rings. The fourth-order valence-corrected chi connectivity index (χ4v) is 3.42. The van der Waals surface area contributed by atoms with Gasteiger partial charge in [-0.3, -0.25) is 14.2 Å². The van der Waals surface area contributed by atoms with Gasteiger partial charge in [0.2, 0.25) is 5.91 Å². The summed E-state index contributed by atoms with van der Waals surface area (Å²) in [6.07, 6.45) is 1.47. The highest BCUT2D eigenvalue weighted by atomic mass is 79.9. The van der Waals surface area contributed by atoms with E-state index in [-0.39, 0.29) is 30.3 Å². The zero-order valence-electron chi connectivity index (χ0n) is 15.6. The van der Waals surface area contributed by atoms with Crippen molar-refractivity contribution in [3.05, 3.63) is 81.1 Å². The van der Waals surface area contributed by atoms with E-state index in [1.54, 1.807) is 0 Å². The lowest BCUT2D eigenvalue weighted by Gasteiger charge is -2.07. The highest BCUT2D eigenvalue weighted by Gasteiger charge is 2.16. The third kappa shape index (κ3) is 4.30. The van der Waals surface area contributed by atoms with E-state index in [0.29, 0.717) is 23.3 Å². The van der Waals surface area contributed by atoms with Crippen molar-refractivity contribution in [2.45, 2.75) is 19.5 Å². The van der Waals surface area contributed by atoms with E-state index in [2.05, 4.69) is 31.4 Å². The van der Waals surface area contributed by atoms with Crippen molar-refractivity contribution < 1.29 is 13.7 Å². The molecule has 0 aliphatic rings. The zero-order chi connectivity index (χ0) is 21.1. The molecule has 152 valence electrons. The largest absolute Gasteiger partial charge is 0.352 e. The Hall–Kier alpha value is -3.33. The lowest BCUT2D eigenvalue weighted by atomic mass is 10.1. The Kier molecular flexibility index (Phi) is 5.71. The maximum atomic E-state index is 13.1. The van der Waals surface area contributed by atoms with Gasteiger partial charge in [-0.25, -0.2) is 9.37 Å². The smallest absolute Gasteiger partial charge is 0.299 e. The second kappa shape index (κ2) is 8.58. The normalized spacial score (nSPS) is 11.0. The fourth-order valence-electron chi connectivity index (χ4n) is 2.97. The van der Waals surface area contributed by atoms with Crippen LogP contribution in [0.3, 0.4) is 0 Å². The minimum absolute atomic E-state index is 0.00799. The predicted molar refractivity (Wildman–Crippen MR) is 112 cm³/mol. The molecule has 7 nitrogen and oxygen atoms in total. The van der Waals surface area contributed by atoms with E-state index in [9.17, 15) is 14.0 Å². The molecule has 0 aliphatic heterocycles. The van der Waals surface area contributed by atoms with Gasteiger partial charge < -0.3 is 9.84 Å².